The highest BCUT2D eigenvalue weighted by Gasteiger charge is 2.26. The molecule has 0 bridgehead atoms. The van der Waals surface area contributed by atoms with Crippen molar-refractivity contribution in [2.45, 2.75) is 44.9 Å². The van der Waals surface area contributed by atoms with E-state index in [2.05, 4.69) is 22.3 Å². The van der Waals surface area contributed by atoms with Crippen molar-refractivity contribution in [3.63, 3.8) is 0 Å². The van der Waals surface area contributed by atoms with E-state index in [1.54, 1.807) is 4.68 Å². The summed E-state index contributed by atoms with van der Waals surface area (Å²) in [6.07, 6.45) is 6.65. The summed E-state index contributed by atoms with van der Waals surface area (Å²) < 4.78 is 9.69. The molecule has 3 rings (SSSR count). The molecule has 0 saturated carbocycles. The van der Waals surface area contributed by atoms with E-state index in [1.165, 1.54) is 0 Å². The average Bonchev–Trinajstić information content (AvgIpc) is 3.10. The number of nitrogens with one attached hydrogen (secondary N) is 1. The summed E-state index contributed by atoms with van der Waals surface area (Å²) in [5, 5.41) is 8.83. The minimum absolute atomic E-state index is 0.101. The van der Waals surface area contributed by atoms with Gasteiger partial charge in [-0.3, -0.25) is 4.68 Å². The number of hydrogen-bond donors (Lipinski definition) is 1. The smallest absolute Gasteiger partial charge is 0.131 e. The van der Waals surface area contributed by atoms with Crippen molar-refractivity contribution in [2.24, 2.45) is 14.1 Å². The molecule has 0 radical (unpaired) electrons. The number of imidazole rings is 1. The van der Waals surface area contributed by atoms with Crippen molar-refractivity contribution < 1.29 is 4.74 Å². The van der Waals surface area contributed by atoms with Crippen LogP contribution >= 0.6 is 11.6 Å². The highest BCUT2D eigenvalue weighted by Crippen LogP contribution is 2.28. The fourth-order valence-corrected chi connectivity index (χ4v) is 3.38. The highest BCUT2D eigenvalue weighted by molar-refractivity contribution is 6.30. The second kappa shape index (κ2) is 7.03. The molecule has 3 heterocycles. The first-order valence-corrected chi connectivity index (χ1v) is 8.49. The zero-order valence-electron chi connectivity index (χ0n) is 13.9. The van der Waals surface area contributed by atoms with Crippen LogP contribution < -0.4 is 5.32 Å². The lowest BCUT2D eigenvalue weighted by atomic mass is 10.0. The van der Waals surface area contributed by atoms with Crippen LogP contribution in [0.25, 0.3) is 0 Å². The van der Waals surface area contributed by atoms with Crippen LogP contribution in [0.2, 0.25) is 5.15 Å². The van der Waals surface area contributed by atoms with Crippen molar-refractivity contribution in [2.75, 3.05) is 6.61 Å². The Bertz CT molecular complexity index is 665. The lowest BCUT2D eigenvalue weighted by Gasteiger charge is -2.30. The summed E-state index contributed by atoms with van der Waals surface area (Å²) in [4.78, 5) is 4.19. The molecule has 0 amide bonds. The van der Waals surface area contributed by atoms with Crippen LogP contribution in [-0.4, -0.2) is 32.0 Å². The van der Waals surface area contributed by atoms with Crippen LogP contribution in [0.4, 0.5) is 0 Å². The van der Waals surface area contributed by atoms with Gasteiger partial charge >= 0.3 is 0 Å². The third-order valence-electron chi connectivity index (χ3n) is 4.52. The van der Waals surface area contributed by atoms with Gasteiger partial charge in [-0.25, -0.2) is 4.98 Å². The van der Waals surface area contributed by atoms with E-state index in [-0.39, 0.29) is 6.10 Å². The molecule has 23 heavy (non-hydrogen) atoms. The zero-order valence-corrected chi connectivity index (χ0v) is 14.7. The molecular weight excluding hydrogens is 314 g/mol. The van der Waals surface area contributed by atoms with E-state index in [0.29, 0.717) is 6.04 Å². The summed E-state index contributed by atoms with van der Waals surface area (Å²) in [5.41, 5.74) is 3.31. The molecule has 2 aromatic heterocycles. The molecule has 0 unspecified atom stereocenters. The molecule has 1 fully saturated rings. The van der Waals surface area contributed by atoms with E-state index in [4.69, 9.17) is 16.3 Å². The number of ether oxygens (including phenoxy) is 1. The first-order valence-electron chi connectivity index (χ1n) is 8.11. The second-order valence-corrected chi connectivity index (χ2v) is 6.44. The molecule has 2 atom stereocenters. The van der Waals surface area contributed by atoms with Crippen LogP contribution in [0, 0.1) is 0 Å². The van der Waals surface area contributed by atoms with Gasteiger partial charge < -0.3 is 14.6 Å². The van der Waals surface area contributed by atoms with Crippen LogP contribution in [0.5, 0.6) is 0 Å². The Morgan fingerprint density at radius 1 is 1.43 bits per heavy atom. The van der Waals surface area contributed by atoms with Gasteiger partial charge in [-0.15, -0.1) is 0 Å². The topological polar surface area (TPSA) is 56.9 Å². The quantitative estimate of drug-likeness (QED) is 0.910. The Balaban J connectivity index is 1.64. The fraction of sp³-hybridized carbons (Fsp3) is 0.625. The first-order chi connectivity index (χ1) is 11.1. The summed E-state index contributed by atoms with van der Waals surface area (Å²) in [6.45, 7) is 3.61. The van der Waals surface area contributed by atoms with Crippen LogP contribution in [0.15, 0.2) is 12.5 Å². The molecule has 2 aromatic rings. The highest BCUT2D eigenvalue weighted by atomic mass is 35.5. The van der Waals surface area contributed by atoms with Crippen molar-refractivity contribution in [3.05, 3.63) is 34.6 Å². The lowest BCUT2D eigenvalue weighted by molar-refractivity contribution is -0.00404. The number of nitrogens with zero attached hydrogens (tertiary/aromatic N) is 4. The van der Waals surface area contributed by atoms with Crippen LogP contribution in [-0.2, 0) is 31.8 Å². The van der Waals surface area contributed by atoms with Gasteiger partial charge in [0.2, 0.25) is 0 Å². The fourth-order valence-electron chi connectivity index (χ4n) is 3.17. The second-order valence-electron chi connectivity index (χ2n) is 6.08. The molecule has 0 aliphatic carbocycles. The van der Waals surface area contributed by atoms with Crippen molar-refractivity contribution in [3.8, 4) is 0 Å². The molecule has 0 aromatic carbocycles. The molecule has 1 aliphatic rings. The Hall–Kier alpha value is -1.37. The molecule has 1 saturated heterocycles. The maximum Gasteiger partial charge on any atom is 0.131 e. The number of rotatable bonds is 5. The molecule has 6 nitrogen and oxygen atoms in total. The normalized spacial score (nSPS) is 21.7. The minimum Gasteiger partial charge on any atom is -0.372 e. The lowest BCUT2D eigenvalue weighted by Crippen LogP contribution is -2.36. The predicted molar refractivity (Wildman–Crippen MR) is 89.4 cm³/mol. The summed E-state index contributed by atoms with van der Waals surface area (Å²) in [7, 11) is 3.89. The van der Waals surface area contributed by atoms with Gasteiger partial charge in [-0.05, 0) is 19.3 Å². The molecular formula is C16H24ClN5O. The molecule has 1 aliphatic heterocycles. The average molecular weight is 338 g/mol. The number of aryl methyl sites for hydroxylation is 3. The van der Waals surface area contributed by atoms with Gasteiger partial charge in [0, 0.05) is 38.9 Å². The van der Waals surface area contributed by atoms with E-state index in [9.17, 15) is 0 Å². The van der Waals surface area contributed by atoms with Crippen molar-refractivity contribution in [1.29, 1.82) is 0 Å². The Morgan fingerprint density at radius 2 is 2.26 bits per heavy atom. The summed E-state index contributed by atoms with van der Waals surface area (Å²) in [6, 6.07) is 0.407. The number of hydrogen-bond acceptors (Lipinski definition) is 4. The summed E-state index contributed by atoms with van der Waals surface area (Å²) >= 11 is 6.37. The first kappa shape index (κ1) is 16.5. The number of halogens is 1. The molecule has 126 valence electrons. The van der Waals surface area contributed by atoms with Gasteiger partial charge in [0.1, 0.15) is 11.3 Å². The van der Waals surface area contributed by atoms with E-state index in [0.717, 1.165) is 54.5 Å². The minimum atomic E-state index is 0.101. The van der Waals surface area contributed by atoms with Gasteiger partial charge in [0.15, 0.2) is 0 Å². The molecule has 0 spiro atoms. The van der Waals surface area contributed by atoms with Crippen LogP contribution in [0.1, 0.15) is 42.8 Å². The Labute approximate surface area is 141 Å². The van der Waals surface area contributed by atoms with Crippen molar-refractivity contribution in [1.82, 2.24) is 24.6 Å². The number of aromatic nitrogens is 4. The maximum atomic E-state index is 6.37. The Kier molecular flexibility index (Phi) is 5.04. The van der Waals surface area contributed by atoms with E-state index in [1.807, 2.05) is 31.2 Å². The predicted octanol–water partition coefficient (Wildman–Crippen LogP) is 2.38. The standard InChI is InChI=1S/C16H24ClN5O/c1-4-13-12(16(17)22(3)20-13)8-19-11-5-6-23-15(7-11)14-9-18-10-21(14)2/h9-11,15,19H,4-8H2,1-3H3/t11-,15+/m1/s1. The summed E-state index contributed by atoms with van der Waals surface area (Å²) in [5.74, 6) is 0. The monoisotopic (exact) mass is 337 g/mol. The molecule has 7 heteroatoms. The zero-order chi connectivity index (χ0) is 16.4. The molecule has 1 N–H and O–H groups in total. The van der Waals surface area contributed by atoms with Gasteiger partial charge in [0.25, 0.3) is 0 Å². The van der Waals surface area contributed by atoms with E-state index >= 15 is 0 Å². The third-order valence-corrected chi connectivity index (χ3v) is 5.00. The van der Waals surface area contributed by atoms with E-state index < -0.39 is 0 Å². The third kappa shape index (κ3) is 3.44. The largest absolute Gasteiger partial charge is 0.372 e. The van der Waals surface area contributed by atoms with Gasteiger partial charge in [-0.1, -0.05) is 18.5 Å². The van der Waals surface area contributed by atoms with Crippen molar-refractivity contribution >= 4 is 11.6 Å². The van der Waals surface area contributed by atoms with Gasteiger partial charge in [0.05, 0.1) is 23.9 Å². The SMILES string of the molecule is CCc1nn(C)c(Cl)c1CN[C@@H]1CCO[C@H](c2cncn2C)C1. The Morgan fingerprint density at radius 3 is 2.96 bits per heavy atom. The van der Waals surface area contributed by atoms with Gasteiger partial charge in [-0.2, -0.15) is 5.10 Å². The maximum absolute atomic E-state index is 6.37. The van der Waals surface area contributed by atoms with Crippen LogP contribution in [0.3, 0.4) is 0 Å².